The molecule has 0 aliphatic heterocycles. The quantitative estimate of drug-likeness (QED) is 0.779. The number of aryl methyl sites for hydroxylation is 1. The highest BCUT2D eigenvalue weighted by molar-refractivity contribution is 5.85. The van der Waals surface area contributed by atoms with Crippen molar-refractivity contribution in [2.24, 2.45) is 7.05 Å². The average Bonchev–Trinajstić information content (AvgIpc) is 2.72. The normalized spacial score (nSPS) is 9.42. The maximum Gasteiger partial charge on any atom is 0.222 e. The number of hydrogen-bond donors (Lipinski definition) is 1. The molecule has 19 heavy (non-hydrogen) atoms. The van der Waals surface area contributed by atoms with Crippen LogP contribution in [-0.4, -0.2) is 40.7 Å². The lowest BCUT2D eigenvalue weighted by molar-refractivity contribution is -0.131. The van der Waals surface area contributed by atoms with Crippen molar-refractivity contribution in [1.82, 2.24) is 20.0 Å². The van der Waals surface area contributed by atoms with Gasteiger partial charge in [0.05, 0.1) is 6.20 Å². The molecule has 0 saturated carbocycles. The fraction of sp³-hybridized carbons (Fsp3) is 0.667. The Bertz CT molecular complexity index is 357. The van der Waals surface area contributed by atoms with E-state index in [-0.39, 0.29) is 30.7 Å². The van der Waals surface area contributed by atoms with E-state index in [9.17, 15) is 4.79 Å². The molecule has 112 valence electrons. The smallest absolute Gasteiger partial charge is 0.222 e. The van der Waals surface area contributed by atoms with Crippen molar-refractivity contribution in [3.8, 4) is 0 Å². The Morgan fingerprint density at radius 2 is 2.16 bits per heavy atom. The van der Waals surface area contributed by atoms with E-state index in [2.05, 4.69) is 10.4 Å². The van der Waals surface area contributed by atoms with E-state index in [1.54, 1.807) is 4.68 Å². The molecular weight excluding hydrogens is 287 g/mol. The number of nitrogens with zero attached hydrogens (tertiary/aromatic N) is 3. The molecule has 0 aromatic carbocycles. The Morgan fingerprint density at radius 1 is 1.47 bits per heavy atom. The van der Waals surface area contributed by atoms with Gasteiger partial charge in [-0.15, -0.1) is 24.8 Å². The van der Waals surface area contributed by atoms with Gasteiger partial charge in [0, 0.05) is 38.3 Å². The van der Waals surface area contributed by atoms with E-state index in [1.807, 2.05) is 38.3 Å². The summed E-state index contributed by atoms with van der Waals surface area (Å²) in [5.41, 5.74) is 1.08. The minimum Gasteiger partial charge on any atom is -0.339 e. The Hall–Kier alpha value is -0.780. The van der Waals surface area contributed by atoms with E-state index < -0.39 is 0 Å². The Labute approximate surface area is 127 Å². The molecule has 0 aliphatic rings. The van der Waals surface area contributed by atoms with Crippen molar-refractivity contribution >= 4 is 30.7 Å². The van der Waals surface area contributed by atoms with Crippen LogP contribution < -0.4 is 5.32 Å². The molecule has 7 heteroatoms. The molecule has 1 heterocycles. The van der Waals surface area contributed by atoms with Crippen molar-refractivity contribution < 1.29 is 4.79 Å². The lowest BCUT2D eigenvalue weighted by Crippen LogP contribution is -2.30. The first-order chi connectivity index (χ1) is 8.17. The van der Waals surface area contributed by atoms with E-state index in [0.29, 0.717) is 13.0 Å². The van der Waals surface area contributed by atoms with Crippen LogP contribution in [0.1, 0.15) is 25.3 Å². The first kappa shape index (κ1) is 20.5. The molecule has 1 aromatic heterocycles. The van der Waals surface area contributed by atoms with Gasteiger partial charge in [-0.2, -0.15) is 5.10 Å². The lowest BCUT2D eigenvalue weighted by Gasteiger charge is -2.20. The van der Waals surface area contributed by atoms with Crippen molar-refractivity contribution in [3.05, 3.63) is 18.0 Å². The van der Waals surface area contributed by atoms with Crippen LogP contribution >= 0.6 is 24.8 Å². The number of carbonyl (C=O) groups excluding carboxylic acids is 1. The number of nitrogens with one attached hydrogen (secondary N) is 1. The van der Waals surface area contributed by atoms with Gasteiger partial charge in [-0.1, -0.05) is 0 Å². The first-order valence-electron chi connectivity index (χ1n) is 6.07. The maximum absolute atomic E-state index is 11.9. The first-order valence-corrected chi connectivity index (χ1v) is 6.07. The molecule has 0 atom stereocenters. The van der Waals surface area contributed by atoms with Crippen molar-refractivity contribution in [2.75, 3.05) is 20.1 Å². The van der Waals surface area contributed by atoms with Crippen molar-refractivity contribution in [3.63, 3.8) is 0 Å². The monoisotopic (exact) mass is 310 g/mol. The summed E-state index contributed by atoms with van der Waals surface area (Å²) in [5, 5.41) is 7.16. The van der Waals surface area contributed by atoms with Gasteiger partial charge < -0.3 is 10.2 Å². The molecule has 0 bridgehead atoms. The number of carbonyl (C=O) groups is 1. The molecule has 1 aromatic rings. The van der Waals surface area contributed by atoms with Crippen molar-refractivity contribution in [1.29, 1.82) is 0 Å². The molecule has 0 unspecified atom stereocenters. The summed E-state index contributed by atoms with van der Waals surface area (Å²) in [4.78, 5) is 13.8. The van der Waals surface area contributed by atoms with Crippen LogP contribution in [0.5, 0.6) is 0 Å². The molecule has 1 rings (SSSR count). The summed E-state index contributed by atoms with van der Waals surface area (Å²) < 4.78 is 1.76. The van der Waals surface area contributed by atoms with Crippen LogP contribution in [0.4, 0.5) is 0 Å². The second-order valence-corrected chi connectivity index (χ2v) is 4.14. The molecule has 0 saturated heterocycles. The van der Waals surface area contributed by atoms with E-state index in [4.69, 9.17) is 0 Å². The van der Waals surface area contributed by atoms with E-state index in [0.717, 1.165) is 25.1 Å². The van der Waals surface area contributed by atoms with Gasteiger partial charge in [0.25, 0.3) is 0 Å². The number of hydrogen-bond acceptors (Lipinski definition) is 3. The third-order valence-corrected chi connectivity index (χ3v) is 2.68. The molecule has 0 fully saturated rings. The zero-order valence-electron chi connectivity index (χ0n) is 11.8. The minimum absolute atomic E-state index is 0. The summed E-state index contributed by atoms with van der Waals surface area (Å²) in [6.07, 6.45) is 5.25. The molecule has 0 aliphatic carbocycles. The van der Waals surface area contributed by atoms with E-state index >= 15 is 0 Å². The van der Waals surface area contributed by atoms with Gasteiger partial charge in [-0.3, -0.25) is 9.48 Å². The number of amides is 1. The van der Waals surface area contributed by atoms with Gasteiger partial charge in [-0.05, 0) is 26.9 Å². The van der Waals surface area contributed by atoms with Gasteiger partial charge >= 0.3 is 0 Å². The minimum atomic E-state index is 0. The summed E-state index contributed by atoms with van der Waals surface area (Å²) >= 11 is 0. The number of aromatic nitrogens is 2. The predicted molar refractivity (Wildman–Crippen MR) is 82.0 cm³/mol. The third-order valence-electron chi connectivity index (χ3n) is 2.68. The standard InChI is InChI=1S/C12H22N4O.2ClH/c1-4-16(12(17)6-5-7-13-2)10-11-8-14-15(3)9-11;;/h8-9,13H,4-7,10H2,1-3H3;2*1H. The van der Waals surface area contributed by atoms with Gasteiger partial charge in [0.1, 0.15) is 0 Å². The van der Waals surface area contributed by atoms with Crippen molar-refractivity contribution in [2.45, 2.75) is 26.3 Å². The number of rotatable bonds is 7. The Balaban J connectivity index is 0. The molecule has 1 amide bonds. The third kappa shape index (κ3) is 7.40. The van der Waals surface area contributed by atoms with E-state index in [1.165, 1.54) is 0 Å². The van der Waals surface area contributed by atoms with Crippen LogP contribution in [0.2, 0.25) is 0 Å². The summed E-state index contributed by atoms with van der Waals surface area (Å²) in [6, 6.07) is 0. The SMILES string of the molecule is CCN(Cc1cnn(C)c1)C(=O)CCCNC.Cl.Cl. The highest BCUT2D eigenvalue weighted by Gasteiger charge is 2.12. The zero-order chi connectivity index (χ0) is 12.7. The largest absolute Gasteiger partial charge is 0.339 e. The Kier molecular flexibility index (Phi) is 12.0. The topological polar surface area (TPSA) is 50.2 Å². The van der Waals surface area contributed by atoms with Gasteiger partial charge in [-0.25, -0.2) is 0 Å². The van der Waals surface area contributed by atoms with Gasteiger partial charge in [0.15, 0.2) is 0 Å². The predicted octanol–water partition coefficient (Wildman–Crippen LogP) is 1.61. The molecule has 5 nitrogen and oxygen atoms in total. The zero-order valence-corrected chi connectivity index (χ0v) is 13.4. The summed E-state index contributed by atoms with van der Waals surface area (Å²) in [6.45, 7) is 4.29. The fourth-order valence-electron chi connectivity index (χ4n) is 1.72. The van der Waals surface area contributed by atoms with Crippen LogP contribution in [0.25, 0.3) is 0 Å². The van der Waals surface area contributed by atoms with Crippen LogP contribution in [0.3, 0.4) is 0 Å². The average molecular weight is 311 g/mol. The van der Waals surface area contributed by atoms with Gasteiger partial charge in [0.2, 0.25) is 5.91 Å². The van der Waals surface area contributed by atoms with Crippen LogP contribution in [0, 0.1) is 0 Å². The summed E-state index contributed by atoms with van der Waals surface area (Å²) in [7, 11) is 3.78. The van der Waals surface area contributed by atoms with Crippen LogP contribution in [0.15, 0.2) is 12.4 Å². The molecular formula is C12H24Cl2N4O. The fourth-order valence-corrected chi connectivity index (χ4v) is 1.72. The van der Waals surface area contributed by atoms with Crippen LogP contribution in [-0.2, 0) is 18.4 Å². The second kappa shape index (κ2) is 11.1. The molecule has 0 spiro atoms. The number of halogens is 2. The second-order valence-electron chi connectivity index (χ2n) is 4.14. The molecule has 0 radical (unpaired) electrons. The summed E-state index contributed by atoms with van der Waals surface area (Å²) in [5.74, 6) is 0.214. The Morgan fingerprint density at radius 3 is 2.63 bits per heavy atom. The lowest BCUT2D eigenvalue weighted by atomic mass is 10.2. The molecule has 1 N–H and O–H groups in total. The highest BCUT2D eigenvalue weighted by Crippen LogP contribution is 2.05. The highest BCUT2D eigenvalue weighted by atomic mass is 35.5. The maximum atomic E-state index is 11.9.